The van der Waals surface area contributed by atoms with Crippen LogP contribution >= 0.6 is 0 Å². The molecular formula is C20H31N3O2. The largest absolute Gasteiger partial charge is 0.326 e. The number of carbonyl (C=O) groups is 2. The van der Waals surface area contributed by atoms with Gasteiger partial charge in [0.2, 0.25) is 5.91 Å². The van der Waals surface area contributed by atoms with E-state index in [1.54, 1.807) is 0 Å². The summed E-state index contributed by atoms with van der Waals surface area (Å²) < 4.78 is 0. The van der Waals surface area contributed by atoms with Crippen molar-refractivity contribution in [1.82, 2.24) is 9.80 Å². The topological polar surface area (TPSA) is 52.7 Å². The number of rotatable bonds is 5. The highest BCUT2D eigenvalue weighted by Gasteiger charge is 2.28. The fourth-order valence-corrected chi connectivity index (χ4v) is 3.25. The molecule has 0 bridgehead atoms. The van der Waals surface area contributed by atoms with Crippen LogP contribution in [0.5, 0.6) is 0 Å². The van der Waals surface area contributed by atoms with Gasteiger partial charge >= 0.3 is 6.03 Å². The van der Waals surface area contributed by atoms with Crippen LogP contribution < -0.4 is 5.32 Å². The van der Waals surface area contributed by atoms with Gasteiger partial charge in [0.05, 0.1) is 0 Å². The molecule has 25 heavy (non-hydrogen) atoms. The normalized spacial score (nSPS) is 15.3. The Hall–Kier alpha value is -2.04. The molecule has 3 amide bonds. The number of carbonyl (C=O) groups excluding carboxylic acids is 2. The molecule has 0 saturated carbocycles. The van der Waals surface area contributed by atoms with Gasteiger partial charge in [0.25, 0.3) is 0 Å². The first-order chi connectivity index (χ1) is 12.0. The Morgan fingerprint density at radius 2 is 1.84 bits per heavy atom. The summed E-state index contributed by atoms with van der Waals surface area (Å²) in [6.07, 6.45) is 1.45. The average molecular weight is 345 g/mol. The van der Waals surface area contributed by atoms with E-state index in [0.29, 0.717) is 19.0 Å². The third kappa shape index (κ3) is 4.97. The molecule has 2 rings (SSSR count). The minimum absolute atomic E-state index is 0.0246. The van der Waals surface area contributed by atoms with Crippen LogP contribution in [0.4, 0.5) is 10.5 Å². The van der Waals surface area contributed by atoms with Crippen LogP contribution in [0.2, 0.25) is 0 Å². The summed E-state index contributed by atoms with van der Waals surface area (Å²) in [4.78, 5) is 28.6. The van der Waals surface area contributed by atoms with Crippen molar-refractivity contribution >= 4 is 17.6 Å². The van der Waals surface area contributed by atoms with Gasteiger partial charge in [0.1, 0.15) is 0 Å². The van der Waals surface area contributed by atoms with E-state index in [4.69, 9.17) is 0 Å². The van der Waals surface area contributed by atoms with Gasteiger partial charge in [-0.25, -0.2) is 4.79 Å². The van der Waals surface area contributed by atoms with E-state index in [1.807, 2.05) is 41.8 Å². The molecule has 5 heteroatoms. The summed E-state index contributed by atoms with van der Waals surface area (Å²) in [5.74, 6) is 0.477. The predicted octanol–water partition coefficient (Wildman–Crippen LogP) is 3.92. The molecule has 1 fully saturated rings. The zero-order valence-corrected chi connectivity index (χ0v) is 15.9. The summed E-state index contributed by atoms with van der Waals surface area (Å²) in [6.45, 7) is 11.0. The lowest BCUT2D eigenvalue weighted by molar-refractivity contribution is -0.121. The molecule has 0 aromatic heterocycles. The fraction of sp³-hybridized carbons (Fsp3) is 0.600. The first kappa shape index (κ1) is 19.3. The Morgan fingerprint density at radius 3 is 2.40 bits per heavy atom. The average Bonchev–Trinajstić information content (AvgIpc) is 2.63. The zero-order chi connectivity index (χ0) is 18.4. The van der Waals surface area contributed by atoms with Gasteiger partial charge in [-0.2, -0.15) is 0 Å². The Balaban J connectivity index is 1.89. The van der Waals surface area contributed by atoms with Crippen LogP contribution in [0.15, 0.2) is 24.3 Å². The van der Waals surface area contributed by atoms with Crippen molar-refractivity contribution < 1.29 is 9.59 Å². The third-order valence-corrected chi connectivity index (χ3v) is 4.99. The highest BCUT2D eigenvalue weighted by Crippen LogP contribution is 2.22. The molecule has 0 radical (unpaired) electrons. The second-order valence-corrected chi connectivity index (χ2v) is 6.99. The number of amides is 3. The highest BCUT2D eigenvalue weighted by atomic mass is 16.2. The lowest BCUT2D eigenvalue weighted by atomic mass is 9.95. The molecule has 1 heterocycles. The van der Waals surface area contributed by atoms with E-state index in [1.165, 1.54) is 5.56 Å². The molecule has 1 aliphatic rings. The number of piperidine rings is 1. The Kier molecular flexibility index (Phi) is 6.85. The minimum Gasteiger partial charge on any atom is -0.326 e. The maximum Gasteiger partial charge on any atom is 0.319 e. The first-order valence-corrected chi connectivity index (χ1v) is 9.40. The Labute approximate surface area is 151 Å². The molecule has 1 N–H and O–H groups in total. The van der Waals surface area contributed by atoms with Crippen LogP contribution in [0.25, 0.3) is 0 Å². The standard InChI is InChI=1S/C20H31N3O2/c1-5-22(6-2)20(25)23-12-10-16(11-13-23)19(24)21-18-9-7-8-17(14-18)15(3)4/h7-9,14-16H,5-6,10-13H2,1-4H3,(H,21,24). The maximum atomic E-state index is 12.5. The lowest BCUT2D eigenvalue weighted by Crippen LogP contribution is -2.47. The molecule has 0 atom stereocenters. The molecule has 0 spiro atoms. The van der Waals surface area contributed by atoms with E-state index in [2.05, 4.69) is 25.2 Å². The number of urea groups is 1. The number of nitrogens with one attached hydrogen (secondary N) is 1. The second kappa shape index (κ2) is 8.88. The molecular weight excluding hydrogens is 314 g/mol. The number of hydrogen-bond acceptors (Lipinski definition) is 2. The van der Waals surface area contributed by atoms with Gasteiger partial charge in [-0.3, -0.25) is 4.79 Å². The summed E-state index contributed by atoms with van der Waals surface area (Å²) in [6, 6.07) is 8.13. The van der Waals surface area contributed by atoms with E-state index >= 15 is 0 Å². The fourth-order valence-electron chi connectivity index (χ4n) is 3.25. The van der Waals surface area contributed by atoms with Crippen LogP contribution in [-0.4, -0.2) is 47.9 Å². The quantitative estimate of drug-likeness (QED) is 0.879. The number of likely N-dealkylation sites (tertiary alicyclic amines) is 1. The van der Waals surface area contributed by atoms with Crippen molar-refractivity contribution in [3.8, 4) is 0 Å². The molecule has 1 aliphatic heterocycles. The Bertz CT molecular complexity index is 588. The Morgan fingerprint density at radius 1 is 1.20 bits per heavy atom. The summed E-state index contributed by atoms with van der Waals surface area (Å²) in [5.41, 5.74) is 2.08. The van der Waals surface area contributed by atoms with Crippen molar-refractivity contribution in [2.45, 2.75) is 46.5 Å². The number of nitrogens with zero attached hydrogens (tertiary/aromatic N) is 2. The number of hydrogen-bond donors (Lipinski definition) is 1. The van der Waals surface area contributed by atoms with E-state index in [9.17, 15) is 9.59 Å². The number of benzene rings is 1. The van der Waals surface area contributed by atoms with E-state index in [0.717, 1.165) is 31.6 Å². The molecule has 1 aromatic rings. The van der Waals surface area contributed by atoms with Gasteiger partial charge < -0.3 is 15.1 Å². The van der Waals surface area contributed by atoms with Gasteiger partial charge in [-0.05, 0) is 50.3 Å². The summed E-state index contributed by atoms with van der Waals surface area (Å²) in [5, 5.41) is 3.04. The number of anilines is 1. The molecule has 1 saturated heterocycles. The van der Waals surface area contributed by atoms with Gasteiger partial charge in [0, 0.05) is 37.8 Å². The zero-order valence-electron chi connectivity index (χ0n) is 15.9. The molecule has 0 aliphatic carbocycles. The van der Waals surface area contributed by atoms with E-state index < -0.39 is 0 Å². The van der Waals surface area contributed by atoms with Crippen LogP contribution in [-0.2, 0) is 4.79 Å². The molecule has 138 valence electrons. The third-order valence-electron chi connectivity index (χ3n) is 4.99. The van der Waals surface area contributed by atoms with Crippen molar-refractivity contribution in [2.24, 2.45) is 5.92 Å². The van der Waals surface area contributed by atoms with Gasteiger partial charge in [-0.15, -0.1) is 0 Å². The van der Waals surface area contributed by atoms with E-state index in [-0.39, 0.29) is 17.9 Å². The molecule has 5 nitrogen and oxygen atoms in total. The smallest absolute Gasteiger partial charge is 0.319 e. The SMILES string of the molecule is CCN(CC)C(=O)N1CCC(C(=O)Nc2cccc(C(C)C)c2)CC1. The summed E-state index contributed by atoms with van der Waals surface area (Å²) in [7, 11) is 0. The van der Waals surface area contributed by atoms with Crippen molar-refractivity contribution in [3.63, 3.8) is 0 Å². The first-order valence-electron chi connectivity index (χ1n) is 9.40. The predicted molar refractivity (Wildman–Crippen MR) is 102 cm³/mol. The van der Waals surface area contributed by atoms with Gasteiger partial charge in [-0.1, -0.05) is 26.0 Å². The minimum atomic E-state index is -0.0246. The molecule has 0 unspecified atom stereocenters. The van der Waals surface area contributed by atoms with Crippen LogP contribution in [0.1, 0.15) is 52.0 Å². The van der Waals surface area contributed by atoms with Crippen molar-refractivity contribution in [1.29, 1.82) is 0 Å². The lowest BCUT2D eigenvalue weighted by Gasteiger charge is -2.34. The highest BCUT2D eigenvalue weighted by molar-refractivity contribution is 5.92. The maximum absolute atomic E-state index is 12.5. The molecule has 1 aromatic carbocycles. The summed E-state index contributed by atoms with van der Waals surface area (Å²) >= 11 is 0. The van der Waals surface area contributed by atoms with Crippen LogP contribution in [0, 0.1) is 5.92 Å². The van der Waals surface area contributed by atoms with Crippen LogP contribution in [0.3, 0.4) is 0 Å². The second-order valence-electron chi connectivity index (χ2n) is 6.99. The van der Waals surface area contributed by atoms with Crippen molar-refractivity contribution in [2.75, 3.05) is 31.5 Å². The van der Waals surface area contributed by atoms with Crippen molar-refractivity contribution in [3.05, 3.63) is 29.8 Å². The van der Waals surface area contributed by atoms with Gasteiger partial charge in [0.15, 0.2) is 0 Å². The monoisotopic (exact) mass is 345 g/mol.